The van der Waals surface area contributed by atoms with E-state index >= 15 is 0 Å². The Bertz CT molecular complexity index is 424. The summed E-state index contributed by atoms with van der Waals surface area (Å²) in [6.07, 6.45) is 0. The molecule has 0 bridgehead atoms. The predicted octanol–water partition coefficient (Wildman–Crippen LogP) is 2.08. The van der Waals surface area contributed by atoms with Crippen molar-refractivity contribution >= 4 is 28.9 Å². The van der Waals surface area contributed by atoms with Gasteiger partial charge in [-0.2, -0.15) is 0 Å². The summed E-state index contributed by atoms with van der Waals surface area (Å²) < 4.78 is 0. The molecule has 0 aliphatic carbocycles. The summed E-state index contributed by atoms with van der Waals surface area (Å²) in [6, 6.07) is 5.36. The highest BCUT2D eigenvalue weighted by molar-refractivity contribution is 6.34. The van der Waals surface area contributed by atoms with Crippen molar-refractivity contribution in [1.29, 1.82) is 0 Å². The molecule has 1 aromatic carbocycles. The maximum Gasteiger partial charge on any atom is 0.243 e. The number of carbonyl (C=O) groups is 1. The number of rotatable bonds is 3. The number of carbonyl (C=O) groups excluding carboxylic acids is 1. The minimum absolute atomic E-state index is 0.247. The van der Waals surface area contributed by atoms with E-state index in [-0.39, 0.29) is 5.91 Å². The third-order valence-corrected chi connectivity index (χ3v) is 2.57. The van der Waals surface area contributed by atoms with Crippen molar-refractivity contribution in [3.05, 3.63) is 23.2 Å². The molecule has 0 aliphatic heterocycles. The van der Waals surface area contributed by atoms with E-state index in [4.69, 9.17) is 17.3 Å². The number of anilines is 2. The highest BCUT2D eigenvalue weighted by Gasteiger charge is 2.23. The van der Waals surface area contributed by atoms with Crippen LogP contribution in [0.15, 0.2) is 18.2 Å². The molecule has 0 saturated carbocycles. The van der Waals surface area contributed by atoms with Crippen LogP contribution in [0.3, 0.4) is 0 Å². The van der Waals surface area contributed by atoms with Gasteiger partial charge in [0.15, 0.2) is 0 Å². The van der Waals surface area contributed by atoms with Gasteiger partial charge in [-0.05, 0) is 26.0 Å². The summed E-state index contributed by atoms with van der Waals surface area (Å²) in [5.74, 6) is -0.247. The van der Waals surface area contributed by atoms with Gasteiger partial charge >= 0.3 is 0 Å². The van der Waals surface area contributed by atoms with E-state index in [9.17, 15) is 4.79 Å². The predicted molar refractivity (Wildman–Crippen MR) is 72.7 cm³/mol. The molecule has 3 N–H and O–H groups in total. The Kier molecular flexibility index (Phi) is 4.01. The SMILES string of the molecule is CN(C)c1c(Cl)cccc1NC(=O)C(C)(C)N. The van der Waals surface area contributed by atoms with E-state index in [0.717, 1.165) is 5.69 Å². The second-order valence-electron chi connectivity index (χ2n) is 4.71. The van der Waals surface area contributed by atoms with Crippen LogP contribution in [0.2, 0.25) is 5.02 Å². The minimum Gasteiger partial charge on any atom is -0.375 e. The van der Waals surface area contributed by atoms with Crippen LogP contribution in [0, 0.1) is 0 Å². The molecule has 4 nitrogen and oxygen atoms in total. The van der Waals surface area contributed by atoms with Crippen LogP contribution >= 0.6 is 11.6 Å². The van der Waals surface area contributed by atoms with Crippen LogP contribution in [-0.4, -0.2) is 25.5 Å². The standard InChI is InChI=1S/C12H18ClN3O/c1-12(2,14)11(17)15-9-7-5-6-8(13)10(9)16(3)4/h5-7H,14H2,1-4H3,(H,15,17). The van der Waals surface area contributed by atoms with Crippen molar-refractivity contribution in [2.45, 2.75) is 19.4 Å². The minimum atomic E-state index is -0.925. The topological polar surface area (TPSA) is 58.4 Å². The molecular weight excluding hydrogens is 238 g/mol. The van der Waals surface area contributed by atoms with Gasteiger partial charge in [-0.3, -0.25) is 4.79 Å². The Hall–Kier alpha value is -1.26. The summed E-state index contributed by atoms with van der Waals surface area (Å²) in [6.45, 7) is 3.31. The molecule has 0 atom stereocenters. The zero-order valence-corrected chi connectivity index (χ0v) is 11.3. The first kappa shape index (κ1) is 13.8. The molecule has 1 amide bonds. The van der Waals surface area contributed by atoms with Crippen molar-refractivity contribution in [3.8, 4) is 0 Å². The van der Waals surface area contributed by atoms with Crippen LogP contribution < -0.4 is 16.0 Å². The Labute approximate surface area is 107 Å². The van der Waals surface area contributed by atoms with Gasteiger partial charge in [0, 0.05) is 14.1 Å². The van der Waals surface area contributed by atoms with Crippen LogP contribution in [-0.2, 0) is 4.79 Å². The van der Waals surface area contributed by atoms with Crippen LogP contribution in [0.4, 0.5) is 11.4 Å². The molecular formula is C12H18ClN3O. The fraction of sp³-hybridized carbons (Fsp3) is 0.417. The summed E-state index contributed by atoms with van der Waals surface area (Å²) in [5.41, 5.74) is 6.24. The monoisotopic (exact) mass is 255 g/mol. The highest BCUT2D eigenvalue weighted by Crippen LogP contribution is 2.32. The van der Waals surface area contributed by atoms with Crippen LogP contribution in [0.25, 0.3) is 0 Å². The van der Waals surface area contributed by atoms with Gasteiger partial charge in [0.05, 0.1) is 21.9 Å². The maximum atomic E-state index is 11.8. The summed E-state index contributed by atoms with van der Waals surface area (Å²) in [4.78, 5) is 13.7. The lowest BCUT2D eigenvalue weighted by Crippen LogP contribution is -2.45. The van der Waals surface area contributed by atoms with Gasteiger partial charge in [0.25, 0.3) is 0 Å². The van der Waals surface area contributed by atoms with E-state index in [1.165, 1.54) is 0 Å². The molecule has 0 radical (unpaired) electrons. The number of halogens is 1. The van der Waals surface area contributed by atoms with Crippen molar-refractivity contribution in [2.24, 2.45) is 5.73 Å². The molecule has 0 fully saturated rings. The zero-order chi connectivity index (χ0) is 13.2. The number of hydrogen-bond donors (Lipinski definition) is 2. The molecule has 0 aliphatic rings. The average molecular weight is 256 g/mol. The van der Waals surface area contributed by atoms with Gasteiger partial charge in [0.1, 0.15) is 0 Å². The largest absolute Gasteiger partial charge is 0.375 e. The third kappa shape index (κ3) is 3.35. The Morgan fingerprint density at radius 1 is 1.41 bits per heavy atom. The van der Waals surface area contributed by atoms with Gasteiger partial charge in [-0.1, -0.05) is 17.7 Å². The molecule has 0 saturated heterocycles. The first-order valence-electron chi connectivity index (χ1n) is 5.29. The lowest BCUT2D eigenvalue weighted by Gasteiger charge is -2.23. The lowest BCUT2D eigenvalue weighted by molar-refractivity contribution is -0.120. The molecule has 1 aromatic rings. The first-order valence-corrected chi connectivity index (χ1v) is 5.67. The summed E-state index contributed by atoms with van der Waals surface area (Å²) in [5, 5.41) is 3.37. The third-order valence-electron chi connectivity index (χ3n) is 2.27. The van der Waals surface area contributed by atoms with Crippen molar-refractivity contribution in [3.63, 3.8) is 0 Å². The molecule has 5 heteroatoms. The van der Waals surface area contributed by atoms with E-state index in [1.54, 1.807) is 32.0 Å². The van der Waals surface area contributed by atoms with E-state index in [1.807, 2.05) is 19.0 Å². The number of nitrogens with zero attached hydrogens (tertiary/aromatic N) is 1. The lowest BCUT2D eigenvalue weighted by atomic mass is 10.1. The zero-order valence-electron chi connectivity index (χ0n) is 10.5. The average Bonchev–Trinajstić information content (AvgIpc) is 2.15. The van der Waals surface area contributed by atoms with Gasteiger partial charge in [-0.25, -0.2) is 0 Å². The molecule has 94 valence electrons. The molecule has 0 spiro atoms. The number of amides is 1. The number of nitrogens with one attached hydrogen (secondary N) is 1. The van der Waals surface area contributed by atoms with E-state index in [2.05, 4.69) is 5.32 Å². The first-order chi connectivity index (χ1) is 7.73. The molecule has 0 unspecified atom stereocenters. The smallest absolute Gasteiger partial charge is 0.243 e. The van der Waals surface area contributed by atoms with Crippen molar-refractivity contribution < 1.29 is 4.79 Å². The molecule has 0 aromatic heterocycles. The molecule has 1 rings (SSSR count). The number of para-hydroxylation sites is 1. The van der Waals surface area contributed by atoms with Gasteiger partial charge in [-0.15, -0.1) is 0 Å². The van der Waals surface area contributed by atoms with Crippen LogP contribution in [0.5, 0.6) is 0 Å². The van der Waals surface area contributed by atoms with E-state index < -0.39 is 5.54 Å². The Morgan fingerprint density at radius 2 is 2.00 bits per heavy atom. The van der Waals surface area contributed by atoms with Gasteiger partial charge in [0.2, 0.25) is 5.91 Å². The Morgan fingerprint density at radius 3 is 2.47 bits per heavy atom. The number of nitrogens with two attached hydrogens (primary N) is 1. The maximum absolute atomic E-state index is 11.8. The quantitative estimate of drug-likeness (QED) is 0.870. The van der Waals surface area contributed by atoms with Crippen LogP contribution in [0.1, 0.15) is 13.8 Å². The van der Waals surface area contributed by atoms with E-state index in [0.29, 0.717) is 10.7 Å². The molecule has 17 heavy (non-hydrogen) atoms. The summed E-state index contributed by atoms with van der Waals surface area (Å²) in [7, 11) is 3.73. The van der Waals surface area contributed by atoms with Crippen molar-refractivity contribution in [1.82, 2.24) is 0 Å². The van der Waals surface area contributed by atoms with Crippen molar-refractivity contribution in [2.75, 3.05) is 24.3 Å². The van der Waals surface area contributed by atoms with Gasteiger partial charge < -0.3 is 16.0 Å². The fourth-order valence-corrected chi connectivity index (χ4v) is 1.70. The Balaban J connectivity index is 3.07. The summed E-state index contributed by atoms with van der Waals surface area (Å²) >= 11 is 6.10. The number of benzene rings is 1. The number of hydrogen-bond acceptors (Lipinski definition) is 3. The molecule has 0 heterocycles. The second-order valence-corrected chi connectivity index (χ2v) is 5.11. The second kappa shape index (κ2) is 4.94. The highest BCUT2D eigenvalue weighted by atomic mass is 35.5. The fourth-order valence-electron chi connectivity index (χ4n) is 1.35. The normalized spacial score (nSPS) is 11.2.